The number of amides is 3. The third-order valence-corrected chi connectivity index (χ3v) is 1.65. The maximum atomic E-state index is 11.3. The summed E-state index contributed by atoms with van der Waals surface area (Å²) >= 11 is 0. The molecule has 0 bridgehead atoms. The number of hydrogen-bond donors (Lipinski definition) is 2. The van der Waals surface area contributed by atoms with Crippen molar-refractivity contribution in [3.05, 3.63) is 34.1 Å². The van der Waals surface area contributed by atoms with Gasteiger partial charge in [0.25, 0.3) is 11.6 Å². The Kier molecular flexibility index (Phi) is 3.49. The molecule has 0 fully saturated rings. The summed E-state index contributed by atoms with van der Waals surface area (Å²) in [6, 6.07) is 1.62. The highest BCUT2D eigenvalue weighted by molar-refractivity contribution is 6.02. The van der Waals surface area contributed by atoms with Gasteiger partial charge in [0.2, 0.25) is 0 Å². The number of carbonyl (C=O) groups excluding carboxylic acids is 2. The molecule has 0 saturated heterocycles. The van der Waals surface area contributed by atoms with Gasteiger partial charge in [-0.15, -0.1) is 0 Å². The Balaban J connectivity index is 2.78. The fourth-order valence-electron chi connectivity index (χ4n) is 0.858. The predicted molar refractivity (Wildman–Crippen MR) is 52.8 cm³/mol. The van der Waals surface area contributed by atoms with Gasteiger partial charge in [0.05, 0.1) is 4.92 Å². The van der Waals surface area contributed by atoms with E-state index in [1.165, 1.54) is 7.05 Å². The highest BCUT2D eigenvalue weighted by Gasteiger charge is 2.12. The Bertz CT molecular complexity index is 428. The average Bonchev–Trinajstić information content (AvgIpc) is 2.28. The first-order valence-corrected chi connectivity index (χ1v) is 4.18. The third-order valence-electron chi connectivity index (χ3n) is 1.65. The zero-order valence-electron chi connectivity index (χ0n) is 8.26. The summed E-state index contributed by atoms with van der Waals surface area (Å²) in [6.07, 6.45) is 0.943. The van der Waals surface area contributed by atoms with E-state index in [-0.39, 0.29) is 11.4 Å². The van der Waals surface area contributed by atoms with Gasteiger partial charge in [0.1, 0.15) is 11.9 Å². The van der Waals surface area contributed by atoms with Gasteiger partial charge in [-0.1, -0.05) is 0 Å². The third kappa shape index (κ3) is 2.74. The van der Waals surface area contributed by atoms with E-state index in [2.05, 4.69) is 10.3 Å². The maximum absolute atomic E-state index is 11.3. The summed E-state index contributed by atoms with van der Waals surface area (Å²) in [7, 11) is 1.35. The number of nitrogens with one attached hydrogen (secondary N) is 2. The van der Waals surface area contributed by atoms with Crippen LogP contribution in [0.4, 0.5) is 10.5 Å². The smallest absolute Gasteiger partial charge is 0.321 e. The van der Waals surface area contributed by atoms with Crippen LogP contribution < -0.4 is 10.6 Å². The monoisotopic (exact) mass is 224 g/mol. The van der Waals surface area contributed by atoms with Gasteiger partial charge in [-0.2, -0.15) is 0 Å². The Hall–Kier alpha value is -2.51. The van der Waals surface area contributed by atoms with E-state index in [9.17, 15) is 19.7 Å². The normalized spacial score (nSPS) is 9.31. The number of rotatable bonds is 2. The molecular formula is C8H8N4O4. The van der Waals surface area contributed by atoms with Crippen LogP contribution in [-0.2, 0) is 0 Å². The standard InChI is InChI=1S/C8H8N4O4/c1-9-8(14)11-7(13)6-3-2-5(4-10-6)12(15)16/h2-4H,1H3,(H2,9,11,13,14). The van der Waals surface area contributed by atoms with Crippen molar-refractivity contribution in [1.82, 2.24) is 15.6 Å². The predicted octanol–water partition coefficient (Wildman–Crippen LogP) is 0.0590. The lowest BCUT2D eigenvalue weighted by atomic mass is 10.3. The van der Waals surface area contributed by atoms with Crippen molar-refractivity contribution in [1.29, 1.82) is 0 Å². The first-order valence-electron chi connectivity index (χ1n) is 4.18. The number of hydrogen-bond acceptors (Lipinski definition) is 5. The Morgan fingerprint density at radius 2 is 2.12 bits per heavy atom. The Labute approximate surface area is 89.8 Å². The lowest BCUT2D eigenvalue weighted by molar-refractivity contribution is -0.385. The van der Waals surface area contributed by atoms with Gasteiger partial charge >= 0.3 is 6.03 Å². The molecule has 8 heteroatoms. The van der Waals surface area contributed by atoms with Crippen molar-refractivity contribution in [2.45, 2.75) is 0 Å². The topological polar surface area (TPSA) is 114 Å². The summed E-state index contributed by atoms with van der Waals surface area (Å²) < 4.78 is 0. The lowest BCUT2D eigenvalue weighted by Gasteiger charge is -2.01. The van der Waals surface area contributed by atoms with Crippen LogP contribution in [0.2, 0.25) is 0 Å². The molecule has 0 saturated carbocycles. The van der Waals surface area contributed by atoms with Gasteiger partial charge < -0.3 is 5.32 Å². The first-order chi connectivity index (χ1) is 7.54. The van der Waals surface area contributed by atoms with E-state index in [1.54, 1.807) is 0 Å². The molecule has 16 heavy (non-hydrogen) atoms. The zero-order valence-corrected chi connectivity index (χ0v) is 8.26. The van der Waals surface area contributed by atoms with Crippen LogP contribution in [0, 0.1) is 10.1 Å². The fourth-order valence-corrected chi connectivity index (χ4v) is 0.858. The number of urea groups is 1. The molecule has 0 spiro atoms. The molecule has 1 heterocycles. The second kappa shape index (κ2) is 4.82. The number of aromatic nitrogens is 1. The van der Waals surface area contributed by atoms with Crippen LogP contribution in [0.1, 0.15) is 10.5 Å². The molecule has 1 aromatic heterocycles. The van der Waals surface area contributed by atoms with Gasteiger partial charge in [-0.25, -0.2) is 9.78 Å². The van der Waals surface area contributed by atoms with E-state index in [1.807, 2.05) is 5.32 Å². The van der Waals surface area contributed by atoms with Crippen molar-refractivity contribution >= 4 is 17.6 Å². The highest BCUT2D eigenvalue weighted by atomic mass is 16.6. The number of nitro groups is 1. The molecule has 8 nitrogen and oxygen atoms in total. The highest BCUT2D eigenvalue weighted by Crippen LogP contribution is 2.08. The van der Waals surface area contributed by atoms with Crippen LogP contribution in [0.3, 0.4) is 0 Å². The van der Waals surface area contributed by atoms with E-state index in [0.29, 0.717) is 0 Å². The van der Waals surface area contributed by atoms with Crippen LogP contribution in [0.5, 0.6) is 0 Å². The molecule has 1 aromatic rings. The Morgan fingerprint density at radius 1 is 1.44 bits per heavy atom. The van der Waals surface area contributed by atoms with Crippen LogP contribution in [-0.4, -0.2) is 28.9 Å². The van der Waals surface area contributed by atoms with Crippen LogP contribution in [0.25, 0.3) is 0 Å². The number of nitrogens with zero attached hydrogens (tertiary/aromatic N) is 2. The molecule has 0 aromatic carbocycles. The van der Waals surface area contributed by atoms with Crippen molar-refractivity contribution < 1.29 is 14.5 Å². The van der Waals surface area contributed by atoms with E-state index < -0.39 is 16.9 Å². The molecule has 2 N–H and O–H groups in total. The van der Waals surface area contributed by atoms with Gasteiger partial charge in [0.15, 0.2) is 0 Å². The Morgan fingerprint density at radius 3 is 2.56 bits per heavy atom. The van der Waals surface area contributed by atoms with Crippen LogP contribution >= 0.6 is 0 Å². The SMILES string of the molecule is CNC(=O)NC(=O)c1ccc([N+](=O)[O-])cn1. The van der Waals surface area contributed by atoms with E-state index in [4.69, 9.17) is 0 Å². The average molecular weight is 224 g/mol. The fraction of sp³-hybridized carbons (Fsp3) is 0.125. The number of carbonyl (C=O) groups is 2. The lowest BCUT2D eigenvalue weighted by Crippen LogP contribution is -2.37. The summed E-state index contributed by atoms with van der Waals surface area (Å²) in [5.74, 6) is -0.728. The van der Waals surface area contributed by atoms with Crippen LogP contribution in [0.15, 0.2) is 18.3 Å². The first kappa shape index (κ1) is 11.6. The van der Waals surface area contributed by atoms with Gasteiger partial charge in [-0.05, 0) is 6.07 Å². The van der Waals surface area contributed by atoms with Gasteiger partial charge in [0, 0.05) is 13.1 Å². The second-order valence-electron chi connectivity index (χ2n) is 2.69. The minimum Gasteiger partial charge on any atom is -0.341 e. The number of pyridine rings is 1. The molecule has 0 radical (unpaired) electrons. The summed E-state index contributed by atoms with van der Waals surface area (Å²) in [6.45, 7) is 0. The van der Waals surface area contributed by atoms with Crippen molar-refractivity contribution in [2.75, 3.05) is 7.05 Å². The van der Waals surface area contributed by atoms with Crippen molar-refractivity contribution in [2.24, 2.45) is 0 Å². The summed E-state index contributed by atoms with van der Waals surface area (Å²) in [5, 5.41) is 14.5. The molecule has 1 rings (SSSR count). The van der Waals surface area contributed by atoms with E-state index in [0.717, 1.165) is 18.3 Å². The molecule has 0 aliphatic rings. The van der Waals surface area contributed by atoms with Crippen molar-refractivity contribution in [3.63, 3.8) is 0 Å². The molecule has 84 valence electrons. The van der Waals surface area contributed by atoms with Crippen molar-refractivity contribution in [3.8, 4) is 0 Å². The maximum Gasteiger partial charge on any atom is 0.321 e. The summed E-state index contributed by atoms with van der Waals surface area (Å²) in [5.41, 5.74) is -0.300. The molecule has 0 aliphatic carbocycles. The van der Waals surface area contributed by atoms with E-state index >= 15 is 0 Å². The minimum atomic E-state index is -0.728. The molecule has 0 unspecified atom stereocenters. The van der Waals surface area contributed by atoms with Gasteiger partial charge in [-0.3, -0.25) is 20.2 Å². The molecular weight excluding hydrogens is 216 g/mol. The quantitative estimate of drug-likeness (QED) is 0.544. The zero-order chi connectivity index (χ0) is 12.1. The number of imide groups is 1. The largest absolute Gasteiger partial charge is 0.341 e. The minimum absolute atomic E-state index is 0.0748. The molecule has 0 aliphatic heterocycles. The molecule has 3 amide bonds. The molecule has 0 atom stereocenters. The summed E-state index contributed by atoms with van der Waals surface area (Å²) in [4.78, 5) is 35.3. The second-order valence-corrected chi connectivity index (χ2v) is 2.69.